The fourth-order valence-electron chi connectivity index (χ4n) is 2.69. The summed E-state index contributed by atoms with van der Waals surface area (Å²) in [6, 6.07) is 9.93. The largest absolute Gasteiger partial charge is 0.497 e. The van der Waals surface area contributed by atoms with E-state index in [1.54, 1.807) is 20.3 Å². The van der Waals surface area contributed by atoms with Gasteiger partial charge in [0.2, 0.25) is 5.91 Å². The maximum Gasteiger partial charge on any atom is 0.240 e. The molecule has 8 heteroatoms. The molecule has 3 rings (SSSR count). The summed E-state index contributed by atoms with van der Waals surface area (Å²) in [4.78, 5) is 18.5. The normalized spacial score (nSPS) is 11.0. The number of anilines is 1. The molecule has 1 N–H and O–H groups in total. The number of hydrogen-bond donors (Lipinski definition) is 1. The van der Waals surface area contributed by atoms with Crippen LogP contribution in [0.2, 0.25) is 0 Å². The highest BCUT2D eigenvalue weighted by atomic mass is 32.1. The molecule has 1 heterocycles. The molecule has 27 heavy (non-hydrogen) atoms. The average Bonchev–Trinajstić information content (AvgIpc) is 3.02. The number of ether oxygens (including phenoxy) is 2. The second-order valence-electron chi connectivity index (χ2n) is 6.03. The molecule has 0 spiro atoms. The lowest BCUT2D eigenvalue weighted by atomic mass is 10.2. The van der Waals surface area contributed by atoms with Gasteiger partial charge in [0.25, 0.3) is 0 Å². The molecule has 6 nitrogen and oxygen atoms in total. The third-order valence-corrected chi connectivity index (χ3v) is 4.88. The van der Waals surface area contributed by atoms with E-state index in [-0.39, 0.29) is 18.3 Å². The molecule has 0 bridgehead atoms. The van der Waals surface area contributed by atoms with Crippen LogP contribution < -0.4 is 14.8 Å². The Labute approximate surface area is 160 Å². The summed E-state index contributed by atoms with van der Waals surface area (Å²) >= 11 is 1.25. The molecule has 2 aromatic carbocycles. The van der Waals surface area contributed by atoms with E-state index < -0.39 is 0 Å². The zero-order valence-electron chi connectivity index (χ0n) is 15.3. The molecular formula is C19H20FN3O3S. The fourth-order valence-corrected chi connectivity index (χ4v) is 3.59. The quantitative estimate of drug-likeness (QED) is 0.670. The van der Waals surface area contributed by atoms with Crippen LogP contribution in [0.25, 0.3) is 10.2 Å². The van der Waals surface area contributed by atoms with Crippen molar-refractivity contribution in [3.63, 3.8) is 0 Å². The zero-order valence-corrected chi connectivity index (χ0v) is 16.1. The smallest absolute Gasteiger partial charge is 0.240 e. The van der Waals surface area contributed by atoms with Crippen LogP contribution in [-0.2, 0) is 11.3 Å². The first-order chi connectivity index (χ1) is 13.0. The number of hydrogen-bond acceptors (Lipinski definition) is 6. The van der Waals surface area contributed by atoms with Crippen LogP contribution in [0, 0.1) is 5.82 Å². The fraction of sp³-hybridized carbons (Fsp3) is 0.263. The molecule has 142 valence electrons. The number of rotatable bonds is 7. The van der Waals surface area contributed by atoms with Gasteiger partial charge in [-0.1, -0.05) is 17.4 Å². The van der Waals surface area contributed by atoms with E-state index in [0.717, 1.165) is 5.56 Å². The van der Waals surface area contributed by atoms with Crippen molar-refractivity contribution in [1.82, 2.24) is 9.88 Å². The Morgan fingerprint density at radius 1 is 1.22 bits per heavy atom. The molecule has 3 aromatic rings. The van der Waals surface area contributed by atoms with Crippen molar-refractivity contribution in [2.45, 2.75) is 6.54 Å². The molecule has 0 aliphatic carbocycles. The summed E-state index contributed by atoms with van der Waals surface area (Å²) in [6.45, 7) is 0.713. The summed E-state index contributed by atoms with van der Waals surface area (Å²) in [7, 11) is 5.04. The first kappa shape index (κ1) is 19.1. The molecule has 0 fully saturated rings. The van der Waals surface area contributed by atoms with E-state index in [1.807, 2.05) is 30.1 Å². The standard InChI is InChI=1S/C19H20FN3O3S/c1-23(10-12-4-6-14(25-2)9-16(12)26-3)11-18(24)22-19-21-15-7-5-13(20)8-17(15)27-19/h4-9H,10-11H2,1-3H3,(H,21,22,24). The van der Waals surface area contributed by atoms with E-state index in [4.69, 9.17) is 9.47 Å². The molecule has 0 aliphatic rings. The maximum absolute atomic E-state index is 13.3. The number of amides is 1. The van der Waals surface area contributed by atoms with Gasteiger partial charge < -0.3 is 14.8 Å². The molecule has 0 radical (unpaired) electrons. The minimum atomic E-state index is -0.322. The van der Waals surface area contributed by atoms with Crippen molar-refractivity contribution in [1.29, 1.82) is 0 Å². The second-order valence-corrected chi connectivity index (χ2v) is 7.06. The van der Waals surface area contributed by atoms with Gasteiger partial charge in [-0.25, -0.2) is 9.37 Å². The Hall–Kier alpha value is -2.71. The summed E-state index contributed by atoms with van der Waals surface area (Å²) in [5.41, 5.74) is 1.61. The summed E-state index contributed by atoms with van der Waals surface area (Å²) in [6.07, 6.45) is 0. The first-order valence-electron chi connectivity index (χ1n) is 8.24. The highest BCUT2D eigenvalue weighted by Gasteiger charge is 2.13. The van der Waals surface area contributed by atoms with Crippen molar-refractivity contribution in [3.05, 3.63) is 47.8 Å². The molecule has 0 saturated heterocycles. The third-order valence-electron chi connectivity index (χ3n) is 3.94. The van der Waals surface area contributed by atoms with Crippen molar-refractivity contribution in [2.75, 3.05) is 33.1 Å². The number of likely N-dealkylation sites (N-methyl/N-ethyl adjacent to an activating group) is 1. The summed E-state index contributed by atoms with van der Waals surface area (Å²) < 4.78 is 24.5. The Bertz CT molecular complexity index is 961. The van der Waals surface area contributed by atoms with Crippen LogP contribution in [0.1, 0.15) is 5.56 Å². The predicted molar refractivity (Wildman–Crippen MR) is 104 cm³/mol. The van der Waals surface area contributed by atoms with Crippen molar-refractivity contribution in [2.24, 2.45) is 0 Å². The summed E-state index contributed by atoms with van der Waals surface area (Å²) in [5.74, 6) is 0.903. The lowest BCUT2D eigenvalue weighted by Crippen LogP contribution is -2.29. The van der Waals surface area contributed by atoms with Gasteiger partial charge in [0.05, 0.1) is 31.0 Å². The van der Waals surface area contributed by atoms with E-state index in [0.29, 0.717) is 33.4 Å². The van der Waals surface area contributed by atoms with Gasteiger partial charge in [0.15, 0.2) is 5.13 Å². The average molecular weight is 389 g/mol. The molecule has 1 aromatic heterocycles. The minimum absolute atomic E-state index is 0.180. The number of methoxy groups -OCH3 is 2. The topological polar surface area (TPSA) is 63.7 Å². The van der Waals surface area contributed by atoms with E-state index in [9.17, 15) is 9.18 Å². The Kier molecular flexibility index (Phi) is 5.88. The van der Waals surface area contributed by atoms with Crippen molar-refractivity contribution < 1.29 is 18.7 Å². The van der Waals surface area contributed by atoms with Crippen LogP contribution in [0.4, 0.5) is 9.52 Å². The molecule has 0 saturated carbocycles. The highest BCUT2D eigenvalue weighted by molar-refractivity contribution is 7.22. The lowest BCUT2D eigenvalue weighted by molar-refractivity contribution is -0.117. The van der Waals surface area contributed by atoms with Gasteiger partial charge in [-0.2, -0.15) is 0 Å². The van der Waals surface area contributed by atoms with Gasteiger partial charge in [-0.3, -0.25) is 9.69 Å². The number of aromatic nitrogens is 1. The third kappa shape index (κ3) is 4.72. The van der Waals surface area contributed by atoms with Crippen molar-refractivity contribution in [3.8, 4) is 11.5 Å². The van der Waals surface area contributed by atoms with Crippen LogP contribution in [0.3, 0.4) is 0 Å². The summed E-state index contributed by atoms with van der Waals surface area (Å²) in [5, 5.41) is 3.22. The predicted octanol–water partition coefficient (Wildman–Crippen LogP) is 3.52. The Morgan fingerprint density at radius 3 is 2.78 bits per heavy atom. The monoisotopic (exact) mass is 389 g/mol. The number of fused-ring (bicyclic) bond motifs is 1. The Balaban J connectivity index is 1.61. The molecule has 0 unspecified atom stereocenters. The lowest BCUT2D eigenvalue weighted by Gasteiger charge is -2.18. The minimum Gasteiger partial charge on any atom is -0.497 e. The number of halogens is 1. The Morgan fingerprint density at radius 2 is 2.04 bits per heavy atom. The van der Waals surface area contributed by atoms with Crippen LogP contribution in [0.15, 0.2) is 36.4 Å². The molecule has 0 atom stereocenters. The number of thiazole rings is 1. The van der Waals surface area contributed by atoms with E-state index in [1.165, 1.54) is 23.5 Å². The zero-order chi connectivity index (χ0) is 19.4. The number of nitrogens with zero attached hydrogens (tertiary/aromatic N) is 2. The van der Waals surface area contributed by atoms with Gasteiger partial charge in [-0.05, 0) is 31.3 Å². The van der Waals surface area contributed by atoms with Gasteiger partial charge in [0, 0.05) is 18.2 Å². The first-order valence-corrected chi connectivity index (χ1v) is 9.05. The molecular weight excluding hydrogens is 369 g/mol. The number of nitrogens with one attached hydrogen (secondary N) is 1. The van der Waals surface area contributed by atoms with Crippen LogP contribution >= 0.6 is 11.3 Å². The highest BCUT2D eigenvalue weighted by Crippen LogP contribution is 2.27. The molecule has 0 aliphatic heterocycles. The molecule has 1 amide bonds. The number of carbonyl (C=O) groups is 1. The van der Waals surface area contributed by atoms with Crippen molar-refractivity contribution >= 4 is 32.6 Å². The van der Waals surface area contributed by atoms with E-state index in [2.05, 4.69) is 10.3 Å². The van der Waals surface area contributed by atoms with Crippen LogP contribution in [0.5, 0.6) is 11.5 Å². The van der Waals surface area contributed by atoms with E-state index >= 15 is 0 Å². The number of carbonyl (C=O) groups excluding carboxylic acids is 1. The number of benzene rings is 2. The SMILES string of the molecule is COc1ccc(CN(C)CC(=O)Nc2nc3ccc(F)cc3s2)c(OC)c1. The second kappa shape index (κ2) is 8.32. The van der Waals surface area contributed by atoms with Gasteiger partial charge >= 0.3 is 0 Å². The van der Waals surface area contributed by atoms with Gasteiger partial charge in [-0.15, -0.1) is 0 Å². The maximum atomic E-state index is 13.3. The van der Waals surface area contributed by atoms with Crippen LogP contribution in [-0.4, -0.2) is 43.6 Å². The van der Waals surface area contributed by atoms with Gasteiger partial charge in [0.1, 0.15) is 17.3 Å².